The second-order valence-electron chi connectivity index (χ2n) is 11.4. The van der Waals surface area contributed by atoms with E-state index in [0.29, 0.717) is 12.8 Å². The van der Waals surface area contributed by atoms with E-state index in [1.54, 1.807) is 0 Å². The van der Waals surface area contributed by atoms with Gasteiger partial charge in [0.25, 0.3) is 5.91 Å². The lowest BCUT2D eigenvalue weighted by Gasteiger charge is -2.44. The van der Waals surface area contributed by atoms with Crippen molar-refractivity contribution >= 4 is 39.0 Å². The number of benzene rings is 2. The molecule has 2 saturated carbocycles. The first kappa shape index (κ1) is 32.6. The second kappa shape index (κ2) is 12.2. The van der Waals surface area contributed by atoms with Crippen molar-refractivity contribution < 1.29 is 61.8 Å². The highest BCUT2D eigenvalue weighted by Crippen LogP contribution is 2.52. The number of carboxylic acids is 1. The Kier molecular flexibility index (Phi) is 9.05. The summed E-state index contributed by atoms with van der Waals surface area (Å²) < 4.78 is 65.0. The van der Waals surface area contributed by atoms with E-state index in [4.69, 9.17) is 21.1 Å². The molecule has 1 heterocycles. The van der Waals surface area contributed by atoms with Crippen LogP contribution in [0.4, 0.5) is 14.5 Å². The molecular formula is C28H30ClF2NO11S. The van der Waals surface area contributed by atoms with Gasteiger partial charge in [-0.15, -0.1) is 0 Å². The lowest BCUT2D eigenvalue weighted by atomic mass is 9.75. The SMILES string of the molecule is O=C(Nc1ccc(F)c(F)c1)c1ccc(Cl)c(S(=O)(=O)C2CC3CC[C@@H](C2)C3(O)CO[C@@H]2O[C@H](C(=O)O)[C@@H](O)[C@H](O)[C@H]2O)c1. The number of anilines is 1. The Hall–Kier alpha value is -2.76. The van der Waals surface area contributed by atoms with Crippen LogP contribution in [0.2, 0.25) is 5.02 Å². The molecule has 1 saturated heterocycles. The summed E-state index contributed by atoms with van der Waals surface area (Å²) in [6.45, 7) is -0.466. The third-order valence-electron chi connectivity index (χ3n) is 8.78. The molecule has 0 aromatic heterocycles. The average Bonchev–Trinajstić information content (AvgIpc) is 3.12. The van der Waals surface area contributed by atoms with Crippen molar-refractivity contribution in [3.63, 3.8) is 0 Å². The number of fused-ring (bicyclic) bond motifs is 2. The number of hydrogen-bond donors (Lipinski definition) is 6. The predicted molar refractivity (Wildman–Crippen MR) is 147 cm³/mol. The molecule has 3 fully saturated rings. The maximum atomic E-state index is 13.8. The first-order valence-corrected chi connectivity index (χ1v) is 15.6. The summed E-state index contributed by atoms with van der Waals surface area (Å²) >= 11 is 6.26. The fourth-order valence-corrected chi connectivity index (χ4v) is 8.73. The van der Waals surface area contributed by atoms with Gasteiger partial charge in [0.1, 0.15) is 18.3 Å². The van der Waals surface area contributed by atoms with E-state index in [1.165, 1.54) is 12.1 Å². The monoisotopic (exact) mass is 661 g/mol. The zero-order valence-electron chi connectivity index (χ0n) is 22.8. The van der Waals surface area contributed by atoms with Gasteiger partial charge in [-0.05, 0) is 67.9 Å². The van der Waals surface area contributed by atoms with Crippen LogP contribution in [0.25, 0.3) is 0 Å². The minimum absolute atomic E-state index is 0.00648. The molecule has 16 heteroatoms. The van der Waals surface area contributed by atoms with Crippen LogP contribution in [0.3, 0.4) is 0 Å². The number of hydrogen-bond acceptors (Lipinski definition) is 10. The molecule has 1 amide bonds. The Balaban J connectivity index is 1.29. The third kappa shape index (κ3) is 5.95. The summed E-state index contributed by atoms with van der Waals surface area (Å²) in [5.41, 5.74) is -1.71. The van der Waals surface area contributed by atoms with Crippen molar-refractivity contribution in [3.05, 3.63) is 58.6 Å². The van der Waals surface area contributed by atoms with Crippen LogP contribution in [0.1, 0.15) is 36.0 Å². The maximum absolute atomic E-state index is 13.8. The van der Waals surface area contributed by atoms with Crippen molar-refractivity contribution in [1.82, 2.24) is 0 Å². The molecule has 1 aliphatic heterocycles. The molecule has 0 spiro atoms. The molecule has 2 aliphatic carbocycles. The van der Waals surface area contributed by atoms with Crippen LogP contribution in [-0.2, 0) is 24.1 Å². The fourth-order valence-electron chi connectivity index (χ4n) is 6.32. The average molecular weight is 662 g/mol. The summed E-state index contributed by atoms with van der Waals surface area (Å²) in [5, 5.41) is 52.2. The Bertz CT molecular complexity index is 1550. The number of ether oxygens (including phenoxy) is 2. The number of aliphatic carboxylic acids is 1. The van der Waals surface area contributed by atoms with Gasteiger partial charge in [0.2, 0.25) is 0 Å². The van der Waals surface area contributed by atoms with Crippen molar-refractivity contribution in [1.29, 1.82) is 0 Å². The first-order chi connectivity index (χ1) is 20.6. The van der Waals surface area contributed by atoms with Crippen LogP contribution in [0, 0.1) is 23.5 Å². The summed E-state index contributed by atoms with van der Waals surface area (Å²) in [4.78, 5) is 23.9. The number of carbonyl (C=O) groups excluding carboxylic acids is 1. The normalized spacial score (nSPS) is 33.6. The van der Waals surface area contributed by atoms with Crippen LogP contribution < -0.4 is 5.32 Å². The van der Waals surface area contributed by atoms with Crippen molar-refractivity contribution in [2.75, 3.05) is 11.9 Å². The van der Waals surface area contributed by atoms with Crippen molar-refractivity contribution in [2.45, 2.75) is 72.1 Å². The Morgan fingerprint density at radius 3 is 2.27 bits per heavy atom. The summed E-state index contributed by atoms with van der Waals surface area (Å²) in [7, 11) is -4.15. The van der Waals surface area contributed by atoms with Crippen LogP contribution >= 0.6 is 11.6 Å². The molecule has 240 valence electrons. The number of halogens is 3. The molecule has 3 unspecified atom stereocenters. The van der Waals surface area contributed by atoms with Crippen LogP contribution in [0.15, 0.2) is 41.3 Å². The first-order valence-electron chi connectivity index (χ1n) is 13.7. The highest BCUT2D eigenvalue weighted by molar-refractivity contribution is 7.92. The number of carbonyl (C=O) groups is 2. The zero-order valence-corrected chi connectivity index (χ0v) is 24.4. The molecular weight excluding hydrogens is 632 g/mol. The van der Waals surface area contributed by atoms with Crippen LogP contribution in [-0.4, -0.2) is 94.0 Å². The quantitative estimate of drug-likeness (QED) is 0.239. The molecule has 5 rings (SSSR count). The summed E-state index contributed by atoms with van der Waals surface area (Å²) in [5.74, 6) is -5.84. The molecule has 9 atom stereocenters. The highest BCUT2D eigenvalue weighted by atomic mass is 35.5. The van der Waals surface area contributed by atoms with Gasteiger partial charge in [-0.2, -0.15) is 0 Å². The second-order valence-corrected chi connectivity index (χ2v) is 14.0. The van der Waals surface area contributed by atoms with Gasteiger partial charge in [-0.25, -0.2) is 22.0 Å². The van der Waals surface area contributed by atoms with Crippen LogP contribution in [0.5, 0.6) is 0 Å². The van der Waals surface area contributed by atoms with Gasteiger partial charge >= 0.3 is 5.97 Å². The zero-order chi connectivity index (χ0) is 32.1. The van der Waals surface area contributed by atoms with Gasteiger partial charge in [0.05, 0.1) is 27.4 Å². The number of carboxylic acid groups (broad SMARTS) is 1. The Morgan fingerprint density at radius 1 is 1.00 bits per heavy atom. The summed E-state index contributed by atoms with van der Waals surface area (Å²) in [6, 6.07) is 6.37. The molecule has 6 N–H and O–H groups in total. The lowest BCUT2D eigenvalue weighted by molar-refractivity contribution is -0.305. The smallest absolute Gasteiger partial charge is 0.335 e. The summed E-state index contributed by atoms with van der Waals surface area (Å²) in [6.07, 6.45) is -8.31. The number of rotatable bonds is 8. The largest absolute Gasteiger partial charge is 0.479 e. The van der Waals surface area contributed by atoms with Gasteiger partial charge in [0.15, 0.2) is 33.9 Å². The Morgan fingerprint density at radius 2 is 1.66 bits per heavy atom. The maximum Gasteiger partial charge on any atom is 0.335 e. The number of aliphatic hydroxyl groups excluding tert-OH is 3. The van der Waals surface area contributed by atoms with E-state index in [2.05, 4.69) is 5.32 Å². The van der Waals surface area contributed by atoms with E-state index in [1.807, 2.05) is 0 Å². The highest BCUT2D eigenvalue weighted by Gasteiger charge is 2.57. The Labute approximate surface area is 255 Å². The van der Waals surface area contributed by atoms with Gasteiger partial charge in [-0.3, -0.25) is 4.79 Å². The van der Waals surface area contributed by atoms with Gasteiger partial charge < -0.3 is 40.3 Å². The number of sulfone groups is 1. The third-order valence-corrected chi connectivity index (χ3v) is 11.4. The van der Waals surface area contributed by atoms with Gasteiger partial charge in [-0.1, -0.05) is 11.6 Å². The van der Waals surface area contributed by atoms with Crippen molar-refractivity contribution in [3.8, 4) is 0 Å². The lowest BCUT2D eigenvalue weighted by Crippen LogP contribution is -2.61. The van der Waals surface area contributed by atoms with E-state index in [9.17, 15) is 52.3 Å². The molecule has 2 aromatic carbocycles. The number of aliphatic hydroxyl groups is 4. The van der Waals surface area contributed by atoms with Gasteiger partial charge in [0, 0.05) is 17.3 Å². The molecule has 12 nitrogen and oxygen atoms in total. The molecule has 44 heavy (non-hydrogen) atoms. The standard InChI is InChI=1S/C28H30ClF2NO11S/c29-17-5-1-12(25(36)32-15-4-6-18(30)19(31)10-15)7-20(17)44(40,41)16-8-13-2-3-14(9-16)28(13,39)11-42-27-23(35)21(33)22(34)24(43-27)26(37)38/h1,4-7,10,13-14,16,21-24,27,33-35,39H,2-3,8-9,11H2,(H,32,36)(H,37,38)/t13-,14?,16?,21-,22-,23+,24-,27+,28?/m0/s1. The van der Waals surface area contributed by atoms with E-state index in [-0.39, 0.29) is 34.0 Å². The van der Waals surface area contributed by atoms with E-state index < -0.39 is 93.3 Å². The fraction of sp³-hybridized carbons (Fsp3) is 0.500. The minimum Gasteiger partial charge on any atom is -0.479 e. The van der Waals surface area contributed by atoms with Crippen molar-refractivity contribution in [2.24, 2.45) is 11.8 Å². The molecule has 2 aromatic rings. The topological polar surface area (TPSA) is 200 Å². The predicted octanol–water partition coefficient (Wildman–Crippen LogP) is 1.47. The molecule has 0 radical (unpaired) electrons. The molecule has 3 aliphatic rings. The minimum atomic E-state index is -4.15. The van der Waals surface area contributed by atoms with E-state index in [0.717, 1.165) is 24.3 Å². The van der Waals surface area contributed by atoms with E-state index >= 15 is 0 Å². The number of amides is 1. The number of nitrogens with one attached hydrogen (secondary N) is 1. The molecule has 2 bridgehead atoms.